The number of benzene rings is 1. The second kappa shape index (κ2) is 5.07. The molecule has 0 spiro atoms. The Labute approximate surface area is 99.5 Å². The molecule has 0 saturated carbocycles. The van der Waals surface area contributed by atoms with E-state index in [0.717, 1.165) is 13.1 Å². The first-order valence-electron chi connectivity index (χ1n) is 5.88. The van der Waals surface area contributed by atoms with E-state index < -0.39 is 0 Å². The van der Waals surface area contributed by atoms with E-state index in [9.17, 15) is 0 Å². The SMILES string of the molecule is C#CC(C)(C)c1ccc(N(CC)CC)cc1. The van der Waals surface area contributed by atoms with Gasteiger partial charge in [0.05, 0.1) is 5.41 Å². The van der Waals surface area contributed by atoms with Crippen LogP contribution < -0.4 is 4.90 Å². The van der Waals surface area contributed by atoms with Gasteiger partial charge in [0, 0.05) is 18.8 Å². The molecule has 0 bridgehead atoms. The highest BCUT2D eigenvalue weighted by molar-refractivity contribution is 5.49. The lowest BCUT2D eigenvalue weighted by Gasteiger charge is -2.23. The van der Waals surface area contributed by atoms with E-state index in [0.29, 0.717) is 0 Å². The highest BCUT2D eigenvalue weighted by Crippen LogP contribution is 2.24. The Hall–Kier alpha value is -1.42. The van der Waals surface area contributed by atoms with Crippen molar-refractivity contribution in [3.8, 4) is 12.3 Å². The maximum Gasteiger partial charge on any atom is 0.0504 e. The van der Waals surface area contributed by atoms with E-state index in [1.807, 2.05) is 0 Å². The lowest BCUT2D eigenvalue weighted by atomic mass is 9.86. The number of anilines is 1. The Morgan fingerprint density at radius 3 is 2.00 bits per heavy atom. The molecule has 1 nitrogen and oxygen atoms in total. The molecule has 0 aliphatic carbocycles. The number of hydrogen-bond acceptors (Lipinski definition) is 1. The van der Waals surface area contributed by atoms with Gasteiger partial charge in [0.25, 0.3) is 0 Å². The van der Waals surface area contributed by atoms with Gasteiger partial charge in [-0.25, -0.2) is 0 Å². The predicted octanol–water partition coefficient (Wildman–Crippen LogP) is 3.44. The zero-order valence-corrected chi connectivity index (χ0v) is 10.7. The summed E-state index contributed by atoms with van der Waals surface area (Å²) in [5.74, 6) is 2.82. The van der Waals surface area contributed by atoms with Crippen molar-refractivity contribution >= 4 is 5.69 Å². The van der Waals surface area contributed by atoms with Crippen LogP contribution in [-0.2, 0) is 5.41 Å². The maximum absolute atomic E-state index is 5.53. The summed E-state index contributed by atoms with van der Waals surface area (Å²) in [4.78, 5) is 2.33. The highest BCUT2D eigenvalue weighted by Gasteiger charge is 2.16. The molecule has 0 aliphatic heterocycles. The third-order valence-electron chi connectivity index (χ3n) is 3.08. The van der Waals surface area contributed by atoms with Gasteiger partial charge in [-0.1, -0.05) is 18.1 Å². The fourth-order valence-electron chi connectivity index (χ4n) is 1.76. The van der Waals surface area contributed by atoms with E-state index in [4.69, 9.17) is 6.42 Å². The molecule has 1 aromatic rings. The molecule has 16 heavy (non-hydrogen) atoms. The average Bonchev–Trinajstić information content (AvgIpc) is 2.31. The molecule has 0 aromatic heterocycles. The third kappa shape index (κ3) is 2.58. The minimum Gasteiger partial charge on any atom is -0.372 e. The van der Waals surface area contributed by atoms with Crippen LogP contribution in [0, 0.1) is 12.3 Å². The van der Waals surface area contributed by atoms with Crippen LogP contribution in [0.25, 0.3) is 0 Å². The fourth-order valence-corrected chi connectivity index (χ4v) is 1.76. The number of terminal acetylenes is 1. The van der Waals surface area contributed by atoms with E-state index in [-0.39, 0.29) is 5.41 Å². The van der Waals surface area contributed by atoms with Crippen LogP contribution in [0.15, 0.2) is 24.3 Å². The number of rotatable bonds is 4. The summed E-state index contributed by atoms with van der Waals surface area (Å²) in [6.07, 6.45) is 5.53. The van der Waals surface area contributed by atoms with Gasteiger partial charge in [-0.3, -0.25) is 0 Å². The topological polar surface area (TPSA) is 3.24 Å². The Bertz CT molecular complexity index is 363. The maximum atomic E-state index is 5.53. The molecule has 1 rings (SSSR count). The average molecular weight is 215 g/mol. The Kier molecular flexibility index (Phi) is 4.01. The standard InChI is InChI=1S/C15H21N/c1-6-15(4,5)13-9-11-14(12-10-13)16(7-2)8-3/h1,9-12H,7-8H2,2-5H3. The zero-order valence-electron chi connectivity index (χ0n) is 10.7. The zero-order chi connectivity index (χ0) is 12.2. The molecule has 0 aliphatic rings. The van der Waals surface area contributed by atoms with Gasteiger partial charge < -0.3 is 4.90 Å². The van der Waals surface area contributed by atoms with Crippen molar-refractivity contribution in [1.29, 1.82) is 0 Å². The molecular weight excluding hydrogens is 194 g/mol. The summed E-state index contributed by atoms with van der Waals surface area (Å²) >= 11 is 0. The van der Waals surface area contributed by atoms with E-state index in [2.05, 4.69) is 62.8 Å². The smallest absolute Gasteiger partial charge is 0.0504 e. The van der Waals surface area contributed by atoms with Crippen molar-refractivity contribution < 1.29 is 0 Å². The summed E-state index contributed by atoms with van der Waals surface area (Å²) < 4.78 is 0. The second-order valence-corrected chi connectivity index (χ2v) is 4.49. The Morgan fingerprint density at radius 1 is 1.12 bits per heavy atom. The van der Waals surface area contributed by atoms with Crippen molar-refractivity contribution in [2.75, 3.05) is 18.0 Å². The van der Waals surface area contributed by atoms with Gasteiger partial charge in [-0.05, 0) is 45.4 Å². The molecule has 1 heteroatoms. The quantitative estimate of drug-likeness (QED) is 0.695. The summed E-state index contributed by atoms with van der Waals surface area (Å²) in [7, 11) is 0. The first-order chi connectivity index (χ1) is 7.55. The molecule has 0 saturated heterocycles. The molecule has 0 fully saturated rings. The first kappa shape index (κ1) is 12.6. The fraction of sp³-hybridized carbons (Fsp3) is 0.467. The minimum absolute atomic E-state index is 0.179. The van der Waals surface area contributed by atoms with Gasteiger partial charge in [0.15, 0.2) is 0 Å². The monoisotopic (exact) mass is 215 g/mol. The van der Waals surface area contributed by atoms with E-state index >= 15 is 0 Å². The predicted molar refractivity (Wildman–Crippen MR) is 71.9 cm³/mol. The van der Waals surface area contributed by atoms with Crippen LogP contribution in [0.1, 0.15) is 33.3 Å². The number of nitrogens with zero attached hydrogens (tertiary/aromatic N) is 1. The molecule has 0 amide bonds. The van der Waals surface area contributed by atoms with Crippen molar-refractivity contribution in [2.24, 2.45) is 0 Å². The molecular formula is C15H21N. The minimum atomic E-state index is -0.179. The Morgan fingerprint density at radius 2 is 1.62 bits per heavy atom. The highest BCUT2D eigenvalue weighted by atomic mass is 15.1. The molecule has 0 atom stereocenters. The van der Waals surface area contributed by atoms with Crippen molar-refractivity contribution in [3.05, 3.63) is 29.8 Å². The third-order valence-corrected chi connectivity index (χ3v) is 3.08. The van der Waals surface area contributed by atoms with Crippen molar-refractivity contribution in [1.82, 2.24) is 0 Å². The van der Waals surface area contributed by atoms with Gasteiger partial charge in [0.2, 0.25) is 0 Å². The van der Waals surface area contributed by atoms with Crippen LogP contribution in [-0.4, -0.2) is 13.1 Å². The Balaban J connectivity index is 2.96. The van der Waals surface area contributed by atoms with Crippen LogP contribution in [0.5, 0.6) is 0 Å². The van der Waals surface area contributed by atoms with Crippen LogP contribution in [0.4, 0.5) is 5.69 Å². The normalized spacial score (nSPS) is 10.9. The van der Waals surface area contributed by atoms with Crippen LogP contribution in [0.2, 0.25) is 0 Å². The van der Waals surface area contributed by atoms with Crippen LogP contribution in [0.3, 0.4) is 0 Å². The summed E-state index contributed by atoms with van der Waals surface area (Å²) in [6.45, 7) is 10.5. The molecule has 0 heterocycles. The molecule has 86 valence electrons. The lowest BCUT2D eigenvalue weighted by molar-refractivity contribution is 0.699. The lowest BCUT2D eigenvalue weighted by Crippen LogP contribution is -2.22. The van der Waals surface area contributed by atoms with E-state index in [1.54, 1.807) is 0 Å². The van der Waals surface area contributed by atoms with Gasteiger partial charge >= 0.3 is 0 Å². The van der Waals surface area contributed by atoms with Crippen molar-refractivity contribution in [3.63, 3.8) is 0 Å². The summed E-state index contributed by atoms with van der Waals surface area (Å²) in [6, 6.07) is 8.57. The molecule has 1 aromatic carbocycles. The van der Waals surface area contributed by atoms with Crippen molar-refractivity contribution in [2.45, 2.75) is 33.1 Å². The van der Waals surface area contributed by atoms with Gasteiger partial charge in [-0.2, -0.15) is 0 Å². The van der Waals surface area contributed by atoms with Gasteiger partial charge in [-0.15, -0.1) is 6.42 Å². The van der Waals surface area contributed by atoms with Crippen LogP contribution >= 0.6 is 0 Å². The van der Waals surface area contributed by atoms with Gasteiger partial charge in [0.1, 0.15) is 0 Å². The van der Waals surface area contributed by atoms with E-state index in [1.165, 1.54) is 11.3 Å². The first-order valence-corrected chi connectivity index (χ1v) is 5.88. The largest absolute Gasteiger partial charge is 0.372 e. The summed E-state index contributed by atoms with van der Waals surface area (Å²) in [5, 5.41) is 0. The molecule has 0 radical (unpaired) electrons. The second-order valence-electron chi connectivity index (χ2n) is 4.49. The molecule has 0 N–H and O–H groups in total. The summed E-state index contributed by atoms with van der Waals surface area (Å²) in [5.41, 5.74) is 2.29. The number of hydrogen-bond donors (Lipinski definition) is 0. The molecule has 0 unspecified atom stereocenters.